The molecule has 2 saturated heterocycles. The van der Waals surface area contributed by atoms with E-state index < -0.39 is 0 Å². The van der Waals surface area contributed by atoms with E-state index in [-0.39, 0.29) is 6.09 Å². The van der Waals surface area contributed by atoms with Crippen LogP contribution in [0.3, 0.4) is 0 Å². The number of carbonyl (C=O) groups is 1. The zero-order valence-electron chi connectivity index (χ0n) is 13.9. The van der Waals surface area contributed by atoms with Gasteiger partial charge in [-0.3, -0.25) is 4.90 Å². The minimum absolute atomic E-state index is 0.187. The normalized spacial score (nSPS) is 25.5. The van der Waals surface area contributed by atoms with E-state index >= 15 is 0 Å². The number of piperidine rings is 1. The number of rotatable bonds is 4. The van der Waals surface area contributed by atoms with Gasteiger partial charge in [-0.25, -0.2) is 4.79 Å². The van der Waals surface area contributed by atoms with Gasteiger partial charge in [0.25, 0.3) is 0 Å². The molecule has 5 heteroatoms. The first-order chi connectivity index (χ1) is 11.3. The fourth-order valence-electron chi connectivity index (χ4n) is 3.69. The number of hydrogen-bond acceptors (Lipinski definition) is 4. The molecule has 0 aromatic heterocycles. The van der Waals surface area contributed by atoms with Gasteiger partial charge in [-0.15, -0.1) is 0 Å². The molecule has 126 valence electrons. The van der Waals surface area contributed by atoms with Crippen molar-refractivity contribution < 1.29 is 9.53 Å². The molecular formula is C18H27N3O2. The van der Waals surface area contributed by atoms with E-state index in [1.165, 1.54) is 12.8 Å². The molecule has 2 aliphatic rings. The van der Waals surface area contributed by atoms with E-state index in [2.05, 4.69) is 10.2 Å². The maximum Gasteiger partial charge on any atom is 0.410 e. The van der Waals surface area contributed by atoms with Crippen LogP contribution in [0.5, 0.6) is 0 Å². The second-order valence-electron chi connectivity index (χ2n) is 6.48. The van der Waals surface area contributed by atoms with Crippen LogP contribution < -0.4 is 5.32 Å². The number of carbonyl (C=O) groups excluding carboxylic acids is 1. The minimum atomic E-state index is -0.187. The van der Waals surface area contributed by atoms with Gasteiger partial charge >= 0.3 is 6.09 Å². The van der Waals surface area contributed by atoms with Gasteiger partial charge in [0, 0.05) is 25.2 Å². The molecule has 0 saturated carbocycles. The van der Waals surface area contributed by atoms with Crippen molar-refractivity contribution in [1.82, 2.24) is 15.1 Å². The maximum absolute atomic E-state index is 12.4. The van der Waals surface area contributed by atoms with Crippen molar-refractivity contribution in [2.45, 2.75) is 38.0 Å². The van der Waals surface area contributed by atoms with Gasteiger partial charge in [-0.1, -0.05) is 30.3 Å². The first-order valence-corrected chi connectivity index (χ1v) is 8.65. The molecule has 2 aliphatic heterocycles. The van der Waals surface area contributed by atoms with Crippen LogP contribution in [-0.2, 0) is 11.3 Å². The summed E-state index contributed by atoms with van der Waals surface area (Å²) in [6.45, 7) is 4.17. The van der Waals surface area contributed by atoms with Crippen molar-refractivity contribution in [2.75, 3.05) is 33.2 Å². The van der Waals surface area contributed by atoms with E-state index in [9.17, 15) is 4.79 Å². The van der Waals surface area contributed by atoms with E-state index in [0.29, 0.717) is 18.7 Å². The predicted octanol–water partition coefficient (Wildman–Crippen LogP) is 2.08. The molecule has 1 amide bonds. The highest BCUT2D eigenvalue weighted by Gasteiger charge is 2.35. The Hall–Kier alpha value is -1.59. The number of ether oxygens (including phenoxy) is 1. The summed E-state index contributed by atoms with van der Waals surface area (Å²) in [4.78, 5) is 16.8. The van der Waals surface area contributed by atoms with Crippen LogP contribution >= 0.6 is 0 Å². The molecule has 1 aromatic carbocycles. The molecule has 3 rings (SSSR count). The number of benzene rings is 1. The topological polar surface area (TPSA) is 44.8 Å². The highest BCUT2D eigenvalue weighted by molar-refractivity contribution is 5.67. The van der Waals surface area contributed by atoms with Gasteiger partial charge < -0.3 is 15.0 Å². The van der Waals surface area contributed by atoms with Gasteiger partial charge in [0.05, 0.1) is 0 Å². The van der Waals surface area contributed by atoms with Crippen LogP contribution in [0.15, 0.2) is 30.3 Å². The quantitative estimate of drug-likeness (QED) is 0.923. The minimum Gasteiger partial charge on any atom is -0.445 e. The van der Waals surface area contributed by atoms with Crippen molar-refractivity contribution in [3.05, 3.63) is 35.9 Å². The largest absolute Gasteiger partial charge is 0.445 e. The molecule has 1 aromatic rings. The molecule has 1 N–H and O–H groups in total. The lowest BCUT2D eigenvalue weighted by molar-refractivity contribution is 0.0549. The van der Waals surface area contributed by atoms with Crippen LogP contribution in [0.1, 0.15) is 24.8 Å². The van der Waals surface area contributed by atoms with Crippen molar-refractivity contribution in [1.29, 1.82) is 0 Å². The molecular weight excluding hydrogens is 290 g/mol. The molecule has 2 heterocycles. The molecule has 0 radical (unpaired) electrons. The van der Waals surface area contributed by atoms with E-state index in [4.69, 9.17) is 4.74 Å². The number of likely N-dealkylation sites (N-methyl/N-ethyl adjacent to an activating group) is 1. The summed E-state index contributed by atoms with van der Waals surface area (Å²) in [5, 5.41) is 3.43. The van der Waals surface area contributed by atoms with E-state index in [1.54, 1.807) is 0 Å². The Kier molecular flexibility index (Phi) is 5.51. The average Bonchev–Trinajstić information content (AvgIpc) is 3.14. The predicted molar refractivity (Wildman–Crippen MR) is 90.3 cm³/mol. The monoisotopic (exact) mass is 317 g/mol. The first kappa shape index (κ1) is 16.3. The second kappa shape index (κ2) is 7.79. The lowest BCUT2D eigenvalue weighted by Crippen LogP contribution is -2.59. The van der Waals surface area contributed by atoms with Gasteiger partial charge in [-0.2, -0.15) is 0 Å². The van der Waals surface area contributed by atoms with Crippen molar-refractivity contribution in [2.24, 2.45) is 0 Å². The Morgan fingerprint density at radius 1 is 1.22 bits per heavy atom. The fourth-order valence-corrected chi connectivity index (χ4v) is 3.69. The van der Waals surface area contributed by atoms with Gasteiger partial charge in [-0.05, 0) is 45.0 Å². The molecule has 0 bridgehead atoms. The zero-order chi connectivity index (χ0) is 16.1. The number of nitrogens with one attached hydrogen (secondary N) is 1. The molecule has 0 spiro atoms. The van der Waals surface area contributed by atoms with E-state index in [0.717, 1.165) is 38.2 Å². The summed E-state index contributed by atoms with van der Waals surface area (Å²) in [7, 11) is 2.02. The summed E-state index contributed by atoms with van der Waals surface area (Å²) in [6.07, 6.45) is 3.34. The fraction of sp³-hybridized carbons (Fsp3) is 0.611. The Morgan fingerprint density at radius 2 is 1.96 bits per heavy atom. The van der Waals surface area contributed by atoms with Crippen molar-refractivity contribution >= 4 is 6.09 Å². The highest BCUT2D eigenvalue weighted by atomic mass is 16.6. The summed E-state index contributed by atoms with van der Waals surface area (Å²) in [6, 6.07) is 10.7. The zero-order valence-corrected chi connectivity index (χ0v) is 13.9. The number of amides is 1. The molecule has 5 nitrogen and oxygen atoms in total. The smallest absolute Gasteiger partial charge is 0.410 e. The maximum atomic E-state index is 12.4. The van der Waals surface area contributed by atoms with Crippen LogP contribution in [0, 0.1) is 0 Å². The molecule has 23 heavy (non-hydrogen) atoms. The van der Waals surface area contributed by atoms with Crippen LogP contribution in [0.4, 0.5) is 4.79 Å². The Labute approximate surface area is 138 Å². The number of nitrogens with zero attached hydrogens (tertiary/aromatic N) is 2. The number of likely N-dealkylation sites (tertiary alicyclic amines) is 2. The van der Waals surface area contributed by atoms with Crippen molar-refractivity contribution in [3.63, 3.8) is 0 Å². The second-order valence-corrected chi connectivity index (χ2v) is 6.48. The number of hydrogen-bond donors (Lipinski definition) is 1. The van der Waals surface area contributed by atoms with Gasteiger partial charge in [0.2, 0.25) is 0 Å². The van der Waals surface area contributed by atoms with E-state index in [1.807, 2.05) is 42.3 Å². The molecule has 2 unspecified atom stereocenters. The molecule has 2 fully saturated rings. The first-order valence-electron chi connectivity index (χ1n) is 8.65. The Morgan fingerprint density at radius 3 is 2.65 bits per heavy atom. The van der Waals surface area contributed by atoms with Crippen LogP contribution in [-0.4, -0.2) is 61.2 Å². The highest BCUT2D eigenvalue weighted by Crippen LogP contribution is 2.21. The summed E-state index contributed by atoms with van der Waals surface area (Å²) in [5.74, 6) is 0. The van der Waals surface area contributed by atoms with Crippen molar-refractivity contribution in [3.8, 4) is 0 Å². The van der Waals surface area contributed by atoms with Gasteiger partial charge in [0.1, 0.15) is 6.61 Å². The SMILES string of the molecule is CNC1CCN(C(=O)OCc2ccccc2)CC1N1CCCC1. The summed E-state index contributed by atoms with van der Waals surface area (Å²) < 4.78 is 5.50. The molecule has 0 aliphatic carbocycles. The third-order valence-corrected chi connectivity index (χ3v) is 5.03. The third kappa shape index (κ3) is 4.03. The standard InChI is InChI=1S/C18H27N3O2/c1-19-16-9-12-21(13-17(16)20-10-5-6-11-20)18(22)23-14-15-7-3-2-4-8-15/h2-4,7-8,16-17,19H,5-6,9-14H2,1H3. The van der Waals surface area contributed by atoms with Gasteiger partial charge in [0.15, 0.2) is 0 Å². The summed E-state index contributed by atoms with van der Waals surface area (Å²) >= 11 is 0. The lowest BCUT2D eigenvalue weighted by atomic mass is 9.98. The third-order valence-electron chi connectivity index (χ3n) is 5.03. The average molecular weight is 317 g/mol. The Balaban J connectivity index is 1.55. The molecule has 2 atom stereocenters. The lowest BCUT2D eigenvalue weighted by Gasteiger charge is -2.42. The van der Waals surface area contributed by atoms with Crippen LogP contribution in [0.2, 0.25) is 0 Å². The Bertz CT molecular complexity index is 500. The summed E-state index contributed by atoms with van der Waals surface area (Å²) in [5.41, 5.74) is 1.03. The van der Waals surface area contributed by atoms with Crippen LogP contribution in [0.25, 0.3) is 0 Å².